The van der Waals surface area contributed by atoms with Gasteiger partial charge in [-0.3, -0.25) is 0 Å². The maximum atomic E-state index is 3.98. The Morgan fingerprint density at radius 1 is 0.929 bits per heavy atom. The Morgan fingerprint density at radius 3 is 2.14 bits per heavy atom. The minimum Gasteiger partial charge on any atom is -0.244 e. The van der Waals surface area contributed by atoms with Gasteiger partial charge in [0.2, 0.25) is 0 Å². The second-order valence-corrected chi connectivity index (χ2v) is 3.07. The van der Waals surface area contributed by atoms with Gasteiger partial charge in [0.15, 0.2) is 0 Å². The van der Waals surface area contributed by atoms with Gasteiger partial charge in [-0.05, 0) is 24.5 Å². The third kappa shape index (κ3) is 1.79. The van der Waals surface area contributed by atoms with E-state index in [0.717, 1.165) is 17.5 Å². The van der Waals surface area contributed by atoms with Crippen LogP contribution >= 0.6 is 0 Å². The zero-order chi connectivity index (χ0) is 9.80. The number of rotatable bonds is 2. The van der Waals surface area contributed by atoms with Crippen LogP contribution in [0.1, 0.15) is 5.56 Å². The molecule has 0 saturated carbocycles. The fourth-order valence-corrected chi connectivity index (χ4v) is 1.31. The van der Waals surface area contributed by atoms with E-state index in [0.29, 0.717) is 0 Å². The minimum atomic E-state index is 0.825. The molecule has 0 fully saturated rings. The molecule has 1 heterocycles. The lowest BCUT2D eigenvalue weighted by molar-refractivity contribution is 1.17. The Labute approximate surface area is 83.7 Å². The van der Waals surface area contributed by atoms with Crippen molar-refractivity contribution in [3.8, 4) is 11.1 Å². The first-order chi connectivity index (χ1) is 6.90. The Balaban J connectivity index is 2.34. The van der Waals surface area contributed by atoms with Crippen LogP contribution in [0.4, 0.5) is 0 Å². The number of aromatic nitrogens is 2. The molecular formula is C12H11N2. The van der Waals surface area contributed by atoms with Crippen LogP contribution in [0.2, 0.25) is 0 Å². The van der Waals surface area contributed by atoms with Crippen molar-refractivity contribution in [2.24, 2.45) is 0 Å². The summed E-state index contributed by atoms with van der Waals surface area (Å²) in [5.41, 5.74) is 3.43. The van der Waals surface area contributed by atoms with Crippen molar-refractivity contribution in [3.63, 3.8) is 0 Å². The third-order valence-electron chi connectivity index (χ3n) is 2.14. The van der Waals surface area contributed by atoms with Crippen LogP contribution in [0.5, 0.6) is 0 Å². The lowest BCUT2D eigenvalue weighted by atomic mass is 10.1. The quantitative estimate of drug-likeness (QED) is 0.715. The molecule has 1 aromatic carbocycles. The normalized spacial score (nSPS) is 10.1. The molecule has 69 valence electrons. The molecule has 0 atom stereocenters. The van der Waals surface area contributed by atoms with Gasteiger partial charge >= 0.3 is 0 Å². The van der Waals surface area contributed by atoms with Gasteiger partial charge in [-0.15, -0.1) is 0 Å². The molecule has 14 heavy (non-hydrogen) atoms. The molecule has 2 rings (SSSR count). The smallest absolute Gasteiger partial charge is 0.115 e. The van der Waals surface area contributed by atoms with Crippen LogP contribution in [-0.4, -0.2) is 9.97 Å². The first-order valence-corrected chi connectivity index (χ1v) is 4.54. The second-order valence-electron chi connectivity index (χ2n) is 3.07. The van der Waals surface area contributed by atoms with Crippen molar-refractivity contribution >= 4 is 0 Å². The van der Waals surface area contributed by atoms with Gasteiger partial charge in [0.1, 0.15) is 6.33 Å². The highest BCUT2D eigenvalue weighted by Crippen LogP contribution is 2.17. The van der Waals surface area contributed by atoms with Crippen LogP contribution in [0.25, 0.3) is 11.1 Å². The average Bonchev–Trinajstić information content (AvgIpc) is 2.30. The second kappa shape index (κ2) is 4.01. The predicted molar refractivity (Wildman–Crippen MR) is 56.5 cm³/mol. The SMILES string of the molecule is [CH2]Cc1ccc(-c2cncnc2)cc1. The Kier molecular flexibility index (Phi) is 2.54. The molecule has 2 aromatic rings. The van der Waals surface area contributed by atoms with Gasteiger partial charge in [-0.25, -0.2) is 9.97 Å². The van der Waals surface area contributed by atoms with Gasteiger partial charge in [0.05, 0.1) is 0 Å². The zero-order valence-corrected chi connectivity index (χ0v) is 7.85. The van der Waals surface area contributed by atoms with Gasteiger partial charge in [0, 0.05) is 18.0 Å². The first-order valence-electron chi connectivity index (χ1n) is 4.54. The van der Waals surface area contributed by atoms with Crippen LogP contribution in [0, 0.1) is 6.92 Å². The molecule has 0 aliphatic carbocycles. The molecule has 0 saturated heterocycles. The summed E-state index contributed by atoms with van der Waals surface area (Å²) < 4.78 is 0. The van der Waals surface area contributed by atoms with Gasteiger partial charge in [0.25, 0.3) is 0 Å². The van der Waals surface area contributed by atoms with E-state index in [1.807, 2.05) is 12.4 Å². The summed E-state index contributed by atoms with van der Waals surface area (Å²) in [4.78, 5) is 7.96. The highest BCUT2D eigenvalue weighted by Gasteiger charge is 1.96. The van der Waals surface area contributed by atoms with Crippen molar-refractivity contribution in [2.75, 3.05) is 0 Å². The summed E-state index contributed by atoms with van der Waals surface area (Å²) in [6, 6.07) is 8.29. The molecule has 0 aliphatic heterocycles. The van der Waals surface area contributed by atoms with Crippen LogP contribution in [0.15, 0.2) is 43.0 Å². The van der Waals surface area contributed by atoms with Crippen molar-refractivity contribution in [1.29, 1.82) is 0 Å². The van der Waals surface area contributed by atoms with E-state index in [9.17, 15) is 0 Å². The molecule has 0 bridgehead atoms. The summed E-state index contributed by atoms with van der Waals surface area (Å²) in [7, 11) is 0. The Hall–Kier alpha value is -1.70. The summed E-state index contributed by atoms with van der Waals surface area (Å²) in [5, 5.41) is 0. The van der Waals surface area contributed by atoms with Crippen molar-refractivity contribution in [1.82, 2.24) is 9.97 Å². The topological polar surface area (TPSA) is 25.8 Å². The van der Waals surface area contributed by atoms with Gasteiger partial charge < -0.3 is 0 Å². The molecule has 2 heteroatoms. The maximum absolute atomic E-state index is 3.98. The molecule has 0 aliphatic rings. The van der Waals surface area contributed by atoms with E-state index in [1.165, 1.54) is 11.9 Å². The summed E-state index contributed by atoms with van der Waals surface area (Å²) in [6.45, 7) is 3.83. The number of nitrogens with zero attached hydrogens (tertiary/aromatic N) is 2. The Morgan fingerprint density at radius 2 is 1.57 bits per heavy atom. The Bertz CT molecular complexity index is 392. The molecule has 0 unspecified atom stereocenters. The van der Waals surface area contributed by atoms with Crippen molar-refractivity contribution in [3.05, 3.63) is 55.5 Å². The van der Waals surface area contributed by atoms with Crippen LogP contribution in [-0.2, 0) is 6.42 Å². The van der Waals surface area contributed by atoms with E-state index >= 15 is 0 Å². The molecule has 0 N–H and O–H groups in total. The molecule has 0 amide bonds. The molecule has 2 nitrogen and oxygen atoms in total. The minimum absolute atomic E-state index is 0.825. The lowest BCUT2D eigenvalue weighted by Crippen LogP contribution is -1.83. The molecular weight excluding hydrogens is 172 g/mol. The van der Waals surface area contributed by atoms with Gasteiger partial charge in [-0.2, -0.15) is 0 Å². The van der Waals surface area contributed by atoms with E-state index in [4.69, 9.17) is 0 Å². The van der Waals surface area contributed by atoms with E-state index in [2.05, 4.69) is 41.2 Å². The number of hydrogen-bond acceptors (Lipinski definition) is 2. The molecule has 0 spiro atoms. The fourth-order valence-electron chi connectivity index (χ4n) is 1.31. The zero-order valence-electron chi connectivity index (χ0n) is 7.85. The van der Waals surface area contributed by atoms with E-state index in [1.54, 1.807) is 0 Å². The van der Waals surface area contributed by atoms with Crippen molar-refractivity contribution < 1.29 is 0 Å². The number of hydrogen-bond donors (Lipinski definition) is 0. The lowest BCUT2D eigenvalue weighted by Gasteiger charge is -2.01. The highest BCUT2D eigenvalue weighted by molar-refractivity contribution is 5.61. The number of benzene rings is 1. The largest absolute Gasteiger partial charge is 0.244 e. The van der Waals surface area contributed by atoms with Gasteiger partial charge in [-0.1, -0.05) is 24.3 Å². The molecule has 1 aromatic heterocycles. The average molecular weight is 183 g/mol. The summed E-state index contributed by atoms with van der Waals surface area (Å²) in [6.07, 6.45) is 5.98. The predicted octanol–water partition coefficient (Wildman–Crippen LogP) is 2.52. The molecule has 1 radical (unpaired) electrons. The van der Waals surface area contributed by atoms with E-state index in [-0.39, 0.29) is 0 Å². The van der Waals surface area contributed by atoms with E-state index < -0.39 is 0 Å². The highest BCUT2D eigenvalue weighted by atomic mass is 14.8. The monoisotopic (exact) mass is 183 g/mol. The summed E-state index contributed by atoms with van der Waals surface area (Å²) >= 11 is 0. The van der Waals surface area contributed by atoms with Crippen LogP contribution in [0.3, 0.4) is 0 Å². The van der Waals surface area contributed by atoms with Crippen LogP contribution < -0.4 is 0 Å². The van der Waals surface area contributed by atoms with Crippen molar-refractivity contribution in [2.45, 2.75) is 6.42 Å². The third-order valence-corrected chi connectivity index (χ3v) is 2.14. The maximum Gasteiger partial charge on any atom is 0.115 e. The first kappa shape index (κ1) is 8.88. The summed E-state index contributed by atoms with van der Waals surface area (Å²) in [5.74, 6) is 0. The fraction of sp³-hybridized carbons (Fsp3) is 0.0833. The standard InChI is InChI=1S/C12H11N2/c1-2-10-3-5-11(6-4-10)12-7-13-9-14-8-12/h3-9H,1-2H2.